The molecule has 0 bridgehead atoms. The molecule has 6 heteroatoms. The van der Waals surface area contributed by atoms with Crippen LogP contribution < -0.4 is 4.90 Å². The Morgan fingerprint density at radius 2 is 1.96 bits per heavy atom. The molecular weight excluding hydrogens is 306 g/mol. The van der Waals surface area contributed by atoms with E-state index in [2.05, 4.69) is 4.90 Å². The summed E-state index contributed by atoms with van der Waals surface area (Å²) < 4.78 is 12.5. The first kappa shape index (κ1) is 15.0. The Kier molecular flexibility index (Phi) is 3.82. The smallest absolute Gasteiger partial charge is 0.344 e. The average molecular weight is 325 g/mol. The van der Waals surface area contributed by atoms with Gasteiger partial charge in [0.25, 0.3) is 0 Å². The minimum Gasteiger partial charge on any atom is -0.462 e. The van der Waals surface area contributed by atoms with Crippen molar-refractivity contribution >= 4 is 28.2 Å². The summed E-state index contributed by atoms with van der Waals surface area (Å²) >= 11 is 0. The third kappa shape index (κ3) is 2.39. The number of hydrogen-bond acceptors (Lipinski definition) is 5. The van der Waals surface area contributed by atoms with E-state index >= 15 is 0 Å². The van der Waals surface area contributed by atoms with Gasteiger partial charge in [0.2, 0.25) is 0 Å². The number of carbonyl (C=O) groups is 1. The fourth-order valence-electron chi connectivity index (χ4n) is 3.14. The number of fused-ring (bicyclic) bond motifs is 3. The highest BCUT2D eigenvalue weighted by molar-refractivity contribution is 6.04. The molecule has 0 aliphatic carbocycles. The highest BCUT2D eigenvalue weighted by Gasteiger charge is 2.26. The lowest BCUT2D eigenvalue weighted by Crippen LogP contribution is -2.37. The summed E-state index contributed by atoms with van der Waals surface area (Å²) in [6.45, 7) is 4.86. The van der Waals surface area contributed by atoms with Gasteiger partial charge < -0.3 is 14.4 Å². The maximum atomic E-state index is 12.6. The SMILES string of the molecule is CCOC(=O)c1c(N2CCOCC2)nn2c1ccc1ccccc12. The summed E-state index contributed by atoms with van der Waals surface area (Å²) in [4.78, 5) is 14.7. The first-order valence-electron chi connectivity index (χ1n) is 8.20. The second-order valence-electron chi connectivity index (χ2n) is 5.71. The van der Waals surface area contributed by atoms with Gasteiger partial charge in [0, 0.05) is 18.5 Å². The van der Waals surface area contributed by atoms with Gasteiger partial charge in [-0.1, -0.05) is 24.3 Å². The summed E-state index contributed by atoms with van der Waals surface area (Å²) in [5, 5.41) is 5.83. The zero-order valence-corrected chi connectivity index (χ0v) is 13.6. The molecule has 1 aliphatic rings. The molecule has 1 saturated heterocycles. The van der Waals surface area contributed by atoms with Gasteiger partial charge in [-0.2, -0.15) is 0 Å². The van der Waals surface area contributed by atoms with Gasteiger partial charge in [0.05, 0.1) is 30.9 Å². The Bertz CT molecular complexity index is 897. The zero-order valence-electron chi connectivity index (χ0n) is 13.6. The quantitative estimate of drug-likeness (QED) is 0.693. The molecule has 1 aromatic carbocycles. The van der Waals surface area contributed by atoms with Gasteiger partial charge >= 0.3 is 5.97 Å². The van der Waals surface area contributed by atoms with E-state index in [-0.39, 0.29) is 5.97 Å². The summed E-state index contributed by atoms with van der Waals surface area (Å²) in [6, 6.07) is 12.0. The van der Waals surface area contributed by atoms with Crippen LogP contribution in [0.15, 0.2) is 36.4 Å². The van der Waals surface area contributed by atoms with E-state index in [1.54, 1.807) is 0 Å². The highest BCUT2D eigenvalue weighted by Crippen LogP contribution is 2.28. The average Bonchev–Trinajstić information content (AvgIpc) is 3.03. The lowest BCUT2D eigenvalue weighted by atomic mass is 10.1. The molecular formula is C18H19N3O3. The number of ether oxygens (including phenoxy) is 2. The third-order valence-corrected chi connectivity index (χ3v) is 4.28. The largest absolute Gasteiger partial charge is 0.462 e. The van der Waals surface area contributed by atoms with Crippen molar-refractivity contribution in [3.63, 3.8) is 0 Å². The molecule has 1 fully saturated rings. The Morgan fingerprint density at radius 1 is 1.17 bits per heavy atom. The van der Waals surface area contributed by atoms with Crippen LogP contribution >= 0.6 is 0 Å². The van der Waals surface area contributed by atoms with Crippen LogP contribution in [0.2, 0.25) is 0 Å². The van der Waals surface area contributed by atoms with E-state index in [0.717, 1.165) is 16.4 Å². The Labute approximate surface area is 139 Å². The minimum absolute atomic E-state index is 0.329. The normalized spacial score (nSPS) is 15.1. The van der Waals surface area contributed by atoms with E-state index in [4.69, 9.17) is 14.6 Å². The van der Waals surface area contributed by atoms with Crippen LogP contribution in [0.1, 0.15) is 17.3 Å². The highest BCUT2D eigenvalue weighted by atomic mass is 16.5. The van der Waals surface area contributed by atoms with Gasteiger partial charge in [-0.05, 0) is 19.1 Å². The van der Waals surface area contributed by atoms with Gasteiger partial charge in [-0.25, -0.2) is 9.31 Å². The molecule has 0 N–H and O–H groups in total. The number of pyridine rings is 1. The predicted octanol–water partition coefficient (Wildman–Crippen LogP) is 2.50. The van der Waals surface area contributed by atoms with Crippen LogP contribution in [0.25, 0.3) is 16.4 Å². The molecule has 124 valence electrons. The van der Waals surface area contributed by atoms with Gasteiger partial charge in [-0.3, -0.25) is 0 Å². The number of para-hydroxylation sites is 1. The maximum absolute atomic E-state index is 12.6. The van der Waals surface area contributed by atoms with E-state index in [1.165, 1.54) is 0 Å². The van der Waals surface area contributed by atoms with Crippen molar-refractivity contribution in [2.45, 2.75) is 6.92 Å². The molecule has 24 heavy (non-hydrogen) atoms. The number of rotatable bonds is 3. The topological polar surface area (TPSA) is 56.1 Å². The van der Waals surface area contributed by atoms with Crippen molar-refractivity contribution < 1.29 is 14.3 Å². The molecule has 3 heterocycles. The molecule has 0 unspecified atom stereocenters. The summed E-state index contributed by atoms with van der Waals surface area (Å²) in [7, 11) is 0. The van der Waals surface area contributed by atoms with Crippen LogP contribution in [-0.2, 0) is 9.47 Å². The maximum Gasteiger partial charge on any atom is 0.344 e. The lowest BCUT2D eigenvalue weighted by Gasteiger charge is -2.27. The fraction of sp³-hybridized carbons (Fsp3) is 0.333. The van der Waals surface area contributed by atoms with E-state index in [0.29, 0.717) is 44.3 Å². The first-order valence-corrected chi connectivity index (χ1v) is 8.20. The molecule has 6 nitrogen and oxygen atoms in total. The number of aromatic nitrogens is 2. The van der Waals surface area contributed by atoms with E-state index in [1.807, 2.05) is 47.8 Å². The van der Waals surface area contributed by atoms with Crippen molar-refractivity contribution in [3.05, 3.63) is 42.0 Å². The third-order valence-electron chi connectivity index (χ3n) is 4.28. The monoisotopic (exact) mass is 325 g/mol. The molecule has 0 atom stereocenters. The van der Waals surface area contributed by atoms with Crippen molar-refractivity contribution in [3.8, 4) is 0 Å². The summed E-state index contributed by atoms with van der Waals surface area (Å²) in [6.07, 6.45) is 0. The van der Waals surface area contributed by atoms with Crippen molar-refractivity contribution in [1.82, 2.24) is 9.61 Å². The number of benzene rings is 1. The summed E-state index contributed by atoms with van der Waals surface area (Å²) in [5.74, 6) is 0.345. The number of esters is 1. The second kappa shape index (κ2) is 6.13. The molecule has 2 aromatic heterocycles. The predicted molar refractivity (Wildman–Crippen MR) is 91.7 cm³/mol. The van der Waals surface area contributed by atoms with Crippen molar-refractivity contribution in [1.29, 1.82) is 0 Å². The Morgan fingerprint density at radius 3 is 2.75 bits per heavy atom. The minimum atomic E-state index is -0.329. The van der Waals surface area contributed by atoms with Gasteiger partial charge in [0.1, 0.15) is 5.56 Å². The zero-order chi connectivity index (χ0) is 16.5. The number of morpholine rings is 1. The summed E-state index contributed by atoms with van der Waals surface area (Å²) in [5.41, 5.74) is 2.28. The lowest BCUT2D eigenvalue weighted by molar-refractivity contribution is 0.0528. The standard InChI is InChI=1S/C18H19N3O3/c1-2-24-18(22)16-15-8-7-13-5-3-4-6-14(13)21(15)19-17(16)20-9-11-23-12-10-20/h3-8H,2,9-12H2,1H3. The van der Waals surface area contributed by atoms with Crippen LogP contribution in [0.3, 0.4) is 0 Å². The Balaban J connectivity index is 1.96. The molecule has 4 rings (SSSR count). The van der Waals surface area contributed by atoms with Crippen LogP contribution in [-0.4, -0.2) is 48.5 Å². The fourth-order valence-corrected chi connectivity index (χ4v) is 3.14. The van der Waals surface area contributed by atoms with Crippen LogP contribution in [0.4, 0.5) is 5.82 Å². The Hall–Kier alpha value is -2.60. The van der Waals surface area contributed by atoms with Crippen LogP contribution in [0, 0.1) is 0 Å². The number of anilines is 1. The van der Waals surface area contributed by atoms with Crippen LogP contribution in [0.5, 0.6) is 0 Å². The molecule has 0 spiro atoms. The number of hydrogen-bond donors (Lipinski definition) is 0. The second-order valence-corrected chi connectivity index (χ2v) is 5.71. The van der Waals surface area contributed by atoms with Gasteiger partial charge in [0.15, 0.2) is 5.82 Å². The molecule has 3 aromatic rings. The first-order chi connectivity index (χ1) is 11.8. The van der Waals surface area contributed by atoms with E-state index in [9.17, 15) is 4.79 Å². The molecule has 0 amide bonds. The van der Waals surface area contributed by atoms with Crippen molar-refractivity contribution in [2.75, 3.05) is 37.8 Å². The van der Waals surface area contributed by atoms with Crippen molar-refractivity contribution in [2.24, 2.45) is 0 Å². The molecule has 0 radical (unpaired) electrons. The number of carbonyl (C=O) groups excluding carboxylic acids is 1. The molecule has 1 aliphatic heterocycles. The van der Waals surface area contributed by atoms with E-state index < -0.39 is 0 Å². The number of nitrogens with zero attached hydrogens (tertiary/aromatic N) is 3. The van der Waals surface area contributed by atoms with Gasteiger partial charge in [-0.15, -0.1) is 5.10 Å². The molecule has 0 saturated carbocycles.